The van der Waals surface area contributed by atoms with E-state index in [1.165, 1.54) is 12.1 Å². The number of aromatic nitrogens is 2. The molecule has 0 atom stereocenters. The summed E-state index contributed by atoms with van der Waals surface area (Å²) in [4.78, 5) is 22.6. The largest absolute Gasteiger partial charge is 0.433 e. The molecule has 4 rings (SSSR count). The second kappa shape index (κ2) is 10.8. The van der Waals surface area contributed by atoms with Crippen LogP contribution in [0.2, 0.25) is 0 Å². The van der Waals surface area contributed by atoms with E-state index in [1.54, 1.807) is 6.07 Å². The van der Waals surface area contributed by atoms with E-state index in [4.69, 9.17) is 10.5 Å². The van der Waals surface area contributed by atoms with Crippen LogP contribution in [0, 0.1) is 0 Å². The first kappa shape index (κ1) is 26.5. The Labute approximate surface area is 210 Å². The van der Waals surface area contributed by atoms with Crippen molar-refractivity contribution < 1.29 is 31.1 Å². The van der Waals surface area contributed by atoms with Crippen molar-refractivity contribution in [1.29, 1.82) is 0 Å². The fraction of sp³-hybridized carbons (Fsp3) is 0.409. The number of rotatable bonds is 8. The van der Waals surface area contributed by atoms with Gasteiger partial charge >= 0.3 is 6.18 Å². The topological polar surface area (TPSA) is 128 Å². The number of ether oxygens (including phenoxy) is 1. The third-order valence-corrected chi connectivity index (χ3v) is 8.33. The van der Waals surface area contributed by atoms with Crippen LogP contribution in [0.4, 0.5) is 13.2 Å². The monoisotopic (exact) mass is 543 g/mol. The molecule has 2 aliphatic heterocycles. The van der Waals surface area contributed by atoms with E-state index in [0.29, 0.717) is 41.1 Å². The molecule has 2 aliphatic rings. The number of hydrogen-bond acceptors (Lipinski definition) is 8. The van der Waals surface area contributed by atoms with E-state index < -0.39 is 33.6 Å². The molecule has 9 nitrogen and oxygen atoms in total. The molecule has 1 saturated heterocycles. The summed E-state index contributed by atoms with van der Waals surface area (Å²) in [5, 5.41) is 0. The Morgan fingerprint density at radius 2 is 1.97 bits per heavy atom. The average Bonchev–Trinajstić information content (AvgIpc) is 3.25. The van der Waals surface area contributed by atoms with Crippen LogP contribution in [0.25, 0.3) is 5.57 Å². The van der Waals surface area contributed by atoms with E-state index in [-0.39, 0.29) is 23.4 Å². The van der Waals surface area contributed by atoms with Gasteiger partial charge in [-0.2, -0.15) is 13.2 Å². The zero-order valence-corrected chi connectivity index (χ0v) is 20.7. The summed E-state index contributed by atoms with van der Waals surface area (Å²) < 4.78 is 72.7. The second-order valence-corrected chi connectivity index (χ2v) is 11.1. The molecule has 3 N–H and O–H groups in total. The number of hydrogen-bond donors (Lipinski definition) is 2. The lowest BCUT2D eigenvalue weighted by Gasteiger charge is -2.26. The zero-order valence-electron chi connectivity index (χ0n) is 19.0. The van der Waals surface area contributed by atoms with Crippen molar-refractivity contribution in [1.82, 2.24) is 19.6 Å². The lowest BCUT2D eigenvalue weighted by molar-refractivity contribution is -0.141. The zero-order chi connectivity index (χ0) is 25.9. The summed E-state index contributed by atoms with van der Waals surface area (Å²) in [6.45, 7) is 4.02. The number of primary amides is 1. The highest BCUT2D eigenvalue weighted by Gasteiger charge is 2.34. The van der Waals surface area contributed by atoms with Gasteiger partial charge in [0.05, 0.1) is 23.7 Å². The van der Waals surface area contributed by atoms with Gasteiger partial charge in [-0.25, -0.2) is 23.1 Å². The number of thioether (sulfide) groups is 1. The second-order valence-electron chi connectivity index (χ2n) is 8.18. The summed E-state index contributed by atoms with van der Waals surface area (Å²) in [7, 11) is -3.78. The summed E-state index contributed by atoms with van der Waals surface area (Å²) in [5.41, 5.74) is 4.77. The molecule has 194 valence electrons. The van der Waals surface area contributed by atoms with E-state index in [0.717, 1.165) is 37.6 Å². The van der Waals surface area contributed by atoms with Crippen LogP contribution in [0.1, 0.15) is 23.5 Å². The van der Waals surface area contributed by atoms with E-state index in [9.17, 15) is 26.4 Å². The quantitative estimate of drug-likeness (QED) is 0.383. The third kappa shape index (κ3) is 6.24. The maximum absolute atomic E-state index is 13.1. The van der Waals surface area contributed by atoms with Crippen molar-refractivity contribution in [3.05, 3.63) is 52.4 Å². The molecule has 1 amide bonds. The number of fused-ring (bicyclic) bond motifs is 1. The van der Waals surface area contributed by atoms with Crippen molar-refractivity contribution in [3.63, 3.8) is 0 Å². The molecule has 36 heavy (non-hydrogen) atoms. The van der Waals surface area contributed by atoms with Gasteiger partial charge in [-0.3, -0.25) is 9.69 Å². The Kier molecular flexibility index (Phi) is 7.99. The molecular weight excluding hydrogens is 519 g/mol. The van der Waals surface area contributed by atoms with Crippen molar-refractivity contribution in [3.8, 4) is 0 Å². The highest BCUT2D eigenvalue weighted by atomic mass is 32.2. The molecule has 14 heteroatoms. The molecule has 2 aromatic rings. The number of nitrogens with zero attached hydrogens (tertiary/aromatic N) is 3. The normalized spacial score (nSPS) is 18.2. The molecule has 0 saturated carbocycles. The van der Waals surface area contributed by atoms with Gasteiger partial charge in [0.2, 0.25) is 10.0 Å². The predicted molar refractivity (Wildman–Crippen MR) is 126 cm³/mol. The minimum absolute atomic E-state index is 0.0531. The number of allylic oxidation sites excluding steroid dienone is 1. The summed E-state index contributed by atoms with van der Waals surface area (Å²) in [6.07, 6.45) is -2.97. The number of amides is 1. The Morgan fingerprint density at radius 1 is 1.22 bits per heavy atom. The van der Waals surface area contributed by atoms with E-state index in [2.05, 4.69) is 19.6 Å². The van der Waals surface area contributed by atoms with E-state index in [1.807, 2.05) is 0 Å². The van der Waals surface area contributed by atoms with Crippen LogP contribution in [0.3, 0.4) is 0 Å². The highest BCUT2D eigenvalue weighted by molar-refractivity contribution is 8.03. The number of carbonyl (C=O) groups excluding carboxylic acids is 1. The number of nitrogens with one attached hydrogen (secondary N) is 1. The number of benzene rings is 1. The molecule has 1 fully saturated rings. The SMILES string of the molecule is NC(=O)/C(=C1\Cc2ccc(S(=O)(=O)NCCCN3CCOCC3)cc2S1)c1nccc(C(F)(F)F)n1. The Bertz CT molecular complexity index is 1280. The van der Waals surface area contributed by atoms with Crippen LogP contribution in [0.5, 0.6) is 0 Å². The predicted octanol–water partition coefficient (Wildman–Crippen LogP) is 2.04. The molecule has 1 aromatic heterocycles. The fourth-order valence-electron chi connectivity index (χ4n) is 3.85. The summed E-state index contributed by atoms with van der Waals surface area (Å²) in [5.74, 6) is -1.40. The van der Waals surface area contributed by atoms with Gasteiger partial charge in [0, 0.05) is 42.1 Å². The van der Waals surface area contributed by atoms with Gasteiger partial charge in [0.25, 0.3) is 5.91 Å². The first-order valence-corrected chi connectivity index (χ1v) is 13.4. The average molecular weight is 544 g/mol. The summed E-state index contributed by atoms with van der Waals surface area (Å²) in [6, 6.07) is 5.25. The lowest BCUT2D eigenvalue weighted by Crippen LogP contribution is -2.38. The Balaban J connectivity index is 1.49. The van der Waals surface area contributed by atoms with Crippen LogP contribution in [-0.4, -0.2) is 68.6 Å². The van der Waals surface area contributed by atoms with Crippen molar-refractivity contribution in [2.75, 3.05) is 39.4 Å². The lowest BCUT2D eigenvalue weighted by atomic mass is 10.1. The highest BCUT2D eigenvalue weighted by Crippen LogP contribution is 2.44. The molecule has 0 unspecified atom stereocenters. The molecule has 0 spiro atoms. The molecule has 0 radical (unpaired) electrons. The van der Waals surface area contributed by atoms with Gasteiger partial charge in [-0.15, -0.1) is 0 Å². The van der Waals surface area contributed by atoms with Gasteiger partial charge in [0.15, 0.2) is 5.82 Å². The minimum Gasteiger partial charge on any atom is -0.379 e. The van der Waals surface area contributed by atoms with Gasteiger partial charge in [-0.05, 0) is 36.7 Å². The smallest absolute Gasteiger partial charge is 0.379 e. The van der Waals surface area contributed by atoms with E-state index >= 15 is 0 Å². The number of alkyl halides is 3. The van der Waals surface area contributed by atoms with Crippen LogP contribution in [-0.2, 0) is 32.2 Å². The maximum Gasteiger partial charge on any atom is 0.433 e. The molecule has 3 heterocycles. The Hall–Kier alpha value is -2.52. The standard InChI is InChI=1S/C22H24F3N5O4S2/c23-22(24,25)18-4-6-27-21(29-18)19(20(26)31)17-12-14-2-3-15(13-16(14)35-17)36(32,33)28-5-1-7-30-8-10-34-11-9-30/h2-4,6,13,28H,1,5,7-12H2,(H2,26,31)/b19-17-. The van der Waals surface area contributed by atoms with Crippen molar-refractivity contribution in [2.24, 2.45) is 5.73 Å². The number of sulfonamides is 1. The van der Waals surface area contributed by atoms with Crippen molar-refractivity contribution in [2.45, 2.75) is 28.8 Å². The van der Waals surface area contributed by atoms with Crippen LogP contribution in [0.15, 0.2) is 45.2 Å². The molecular formula is C22H24F3N5O4S2. The number of nitrogens with two attached hydrogens (primary N) is 1. The number of halogens is 3. The molecule has 0 bridgehead atoms. The van der Waals surface area contributed by atoms with Crippen LogP contribution >= 0.6 is 11.8 Å². The third-order valence-electron chi connectivity index (χ3n) is 5.67. The fourth-order valence-corrected chi connectivity index (χ4v) is 6.27. The molecule has 1 aromatic carbocycles. The number of carbonyl (C=O) groups is 1. The first-order valence-electron chi connectivity index (χ1n) is 11.1. The van der Waals surface area contributed by atoms with Crippen molar-refractivity contribution >= 4 is 33.3 Å². The van der Waals surface area contributed by atoms with Gasteiger partial charge in [-0.1, -0.05) is 17.8 Å². The minimum atomic E-state index is -4.71. The van der Waals surface area contributed by atoms with Gasteiger partial charge in [0.1, 0.15) is 5.69 Å². The Morgan fingerprint density at radius 3 is 2.67 bits per heavy atom. The van der Waals surface area contributed by atoms with Crippen LogP contribution < -0.4 is 10.5 Å². The first-order chi connectivity index (χ1) is 17.0. The number of morpholine rings is 1. The maximum atomic E-state index is 13.1. The van der Waals surface area contributed by atoms with Gasteiger partial charge < -0.3 is 10.5 Å². The summed E-state index contributed by atoms with van der Waals surface area (Å²) >= 11 is 1.07. The molecule has 0 aliphatic carbocycles.